The van der Waals surface area contributed by atoms with E-state index in [0.29, 0.717) is 37.3 Å². The molecular weight excluding hydrogens is 424 g/mol. The molecule has 0 saturated carbocycles. The predicted octanol–water partition coefficient (Wildman–Crippen LogP) is 1.34. The first kappa shape index (κ1) is 23.3. The number of hydrogen-bond acceptors (Lipinski definition) is 6. The highest BCUT2D eigenvalue weighted by Gasteiger charge is 2.55. The third-order valence-electron chi connectivity index (χ3n) is 6.92. The Morgan fingerprint density at radius 2 is 1.74 bits per heavy atom. The Labute approximate surface area is 187 Å². The van der Waals surface area contributed by atoms with E-state index >= 15 is 0 Å². The van der Waals surface area contributed by atoms with Crippen molar-refractivity contribution in [1.82, 2.24) is 20.0 Å². The van der Waals surface area contributed by atoms with Gasteiger partial charge in [-0.3, -0.25) is 14.5 Å². The van der Waals surface area contributed by atoms with E-state index in [1.165, 1.54) is 11.9 Å². The number of imide groups is 1. The lowest BCUT2D eigenvalue weighted by molar-refractivity contribution is -0.134. The molecule has 4 amide bonds. The number of piperidine rings is 2. The number of amides is 4. The van der Waals surface area contributed by atoms with E-state index in [4.69, 9.17) is 4.42 Å². The number of halogens is 1. The van der Waals surface area contributed by atoms with Crippen molar-refractivity contribution in [2.45, 2.75) is 44.1 Å². The molecule has 0 atom stereocenters. The zero-order valence-electron chi connectivity index (χ0n) is 18.1. The topological polar surface area (TPSA) is 103 Å². The van der Waals surface area contributed by atoms with Gasteiger partial charge in [0, 0.05) is 33.1 Å². The monoisotopic (exact) mass is 452 g/mol. The van der Waals surface area contributed by atoms with Crippen LogP contribution in [0, 0.1) is 6.92 Å². The van der Waals surface area contributed by atoms with Crippen molar-refractivity contribution < 1.29 is 18.8 Å². The highest BCUT2D eigenvalue weighted by Crippen LogP contribution is 2.36. The maximum Gasteiger partial charge on any atom is 0.349 e. The van der Waals surface area contributed by atoms with Gasteiger partial charge >= 0.3 is 11.7 Å². The molecule has 1 spiro atoms. The molecule has 0 unspecified atom stereocenters. The minimum absolute atomic E-state index is 0. The first-order valence-corrected chi connectivity index (χ1v) is 10.5. The average molecular weight is 453 g/mol. The van der Waals surface area contributed by atoms with Crippen LogP contribution in [0.15, 0.2) is 15.3 Å². The Hall–Kier alpha value is -2.39. The number of nitrogens with zero attached hydrogens (tertiary/aromatic N) is 3. The van der Waals surface area contributed by atoms with Gasteiger partial charge < -0.3 is 19.5 Å². The van der Waals surface area contributed by atoms with E-state index in [1.54, 1.807) is 18.9 Å². The second kappa shape index (κ2) is 8.63. The molecule has 4 rings (SSSR count). The number of urea groups is 1. The number of nitrogens with one attached hydrogen (secondary N) is 1. The largest absolute Gasteiger partial charge is 0.427 e. The molecular formula is C21H29ClN4O5. The van der Waals surface area contributed by atoms with E-state index in [9.17, 15) is 19.2 Å². The standard InChI is InChI=1S/C21H28N4O5.ClH/c1-13-12-15(14-4-8-22-9-5-14)30-18(27)16(13)17(26)25-10-6-21(7-11-25)19(28)23(2)20(29)24(21)3;/h12,14,22H,4-11H2,1-3H3;1H. The Kier molecular flexibility index (Phi) is 6.48. The van der Waals surface area contributed by atoms with Gasteiger partial charge in [0.25, 0.3) is 11.8 Å². The maximum atomic E-state index is 13.1. The van der Waals surface area contributed by atoms with Crippen molar-refractivity contribution >= 4 is 30.3 Å². The zero-order valence-corrected chi connectivity index (χ0v) is 18.9. The molecule has 3 aliphatic rings. The van der Waals surface area contributed by atoms with Gasteiger partial charge in [-0.2, -0.15) is 0 Å². The van der Waals surface area contributed by atoms with Crippen LogP contribution in [0.3, 0.4) is 0 Å². The van der Waals surface area contributed by atoms with Crippen LogP contribution in [0.2, 0.25) is 0 Å². The first-order valence-electron chi connectivity index (χ1n) is 10.5. The number of likely N-dealkylation sites (N-methyl/N-ethyl adjacent to an activating group) is 2. The van der Waals surface area contributed by atoms with Crippen LogP contribution >= 0.6 is 12.4 Å². The van der Waals surface area contributed by atoms with Crippen LogP contribution in [0.1, 0.15) is 53.3 Å². The predicted molar refractivity (Wildman–Crippen MR) is 116 cm³/mol. The SMILES string of the molecule is Cc1cc(C2CCNCC2)oc(=O)c1C(=O)N1CCC2(CC1)C(=O)N(C)C(=O)N2C.Cl. The van der Waals surface area contributed by atoms with Gasteiger partial charge in [0.15, 0.2) is 0 Å². The summed E-state index contributed by atoms with van der Waals surface area (Å²) >= 11 is 0. The molecule has 1 aromatic rings. The minimum atomic E-state index is -0.902. The third-order valence-corrected chi connectivity index (χ3v) is 6.92. The molecule has 3 fully saturated rings. The van der Waals surface area contributed by atoms with E-state index in [2.05, 4.69) is 5.32 Å². The number of hydrogen-bond donors (Lipinski definition) is 1. The highest BCUT2D eigenvalue weighted by atomic mass is 35.5. The molecule has 0 radical (unpaired) electrons. The second-order valence-corrected chi connectivity index (χ2v) is 8.55. The fourth-order valence-corrected chi connectivity index (χ4v) is 4.94. The molecule has 3 aliphatic heterocycles. The van der Waals surface area contributed by atoms with Crippen molar-refractivity contribution in [2.24, 2.45) is 0 Å². The van der Waals surface area contributed by atoms with Crippen LogP contribution in [0.25, 0.3) is 0 Å². The number of rotatable bonds is 2. The van der Waals surface area contributed by atoms with Crippen molar-refractivity contribution in [3.05, 3.63) is 33.4 Å². The molecule has 0 aromatic carbocycles. The molecule has 0 aliphatic carbocycles. The summed E-state index contributed by atoms with van der Waals surface area (Å²) in [4.78, 5) is 54.8. The molecule has 170 valence electrons. The molecule has 9 nitrogen and oxygen atoms in total. The van der Waals surface area contributed by atoms with Crippen LogP contribution in [-0.4, -0.2) is 78.4 Å². The molecule has 0 bridgehead atoms. The summed E-state index contributed by atoms with van der Waals surface area (Å²) in [6, 6.07) is 1.49. The number of likely N-dealkylation sites (tertiary alicyclic amines) is 1. The summed E-state index contributed by atoms with van der Waals surface area (Å²) in [6.45, 7) is 4.13. The van der Waals surface area contributed by atoms with E-state index in [1.807, 2.05) is 6.07 Å². The quantitative estimate of drug-likeness (QED) is 0.679. The van der Waals surface area contributed by atoms with Crippen molar-refractivity contribution in [3.63, 3.8) is 0 Å². The van der Waals surface area contributed by atoms with Gasteiger partial charge in [-0.15, -0.1) is 12.4 Å². The number of carbonyl (C=O) groups is 3. The van der Waals surface area contributed by atoms with Crippen LogP contribution in [0.4, 0.5) is 4.79 Å². The fraction of sp³-hybridized carbons (Fsp3) is 0.619. The Morgan fingerprint density at radius 3 is 2.26 bits per heavy atom. The fourth-order valence-electron chi connectivity index (χ4n) is 4.94. The van der Waals surface area contributed by atoms with E-state index in [0.717, 1.165) is 30.8 Å². The summed E-state index contributed by atoms with van der Waals surface area (Å²) in [5.74, 6) is 0.229. The first-order chi connectivity index (χ1) is 14.3. The van der Waals surface area contributed by atoms with Gasteiger partial charge in [0.05, 0.1) is 0 Å². The third kappa shape index (κ3) is 3.74. The van der Waals surface area contributed by atoms with E-state index < -0.39 is 11.2 Å². The van der Waals surface area contributed by atoms with Gasteiger partial charge in [0.1, 0.15) is 16.9 Å². The van der Waals surface area contributed by atoms with Crippen LogP contribution in [0.5, 0.6) is 0 Å². The Balaban J connectivity index is 0.00000272. The lowest BCUT2D eigenvalue weighted by Crippen LogP contribution is -2.56. The van der Waals surface area contributed by atoms with Gasteiger partial charge in [-0.05, 0) is 57.3 Å². The van der Waals surface area contributed by atoms with Crippen LogP contribution in [-0.2, 0) is 4.79 Å². The highest BCUT2D eigenvalue weighted by molar-refractivity contribution is 6.07. The van der Waals surface area contributed by atoms with Gasteiger partial charge in [0.2, 0.25) is 0 Å². The molecule has 10 heteroatoms. The minimum Gasteiger partial charge on any atom is -0.427 e. The number of aryl methyl sites for hydroxylation is 1. The normalized spacial score (nSPS) is 21.6. The molecule has 4 heterocycles. The molecule has 1 N–H and O–H groups in total. The van der Waals surface area contributed by atoms with Gasteiger partial charge in [-0.1, -0.05) is 0 Å². The van der Waals surface area contributed by atoms with E-state index in [-0.39, 0.29) is 41.7 Å². The van der Waals surface area contributed by atoms with Crippen molar-refractivity contribution in [2.75, 3.05) is 40.3 Å². The Morgan fingerprint density at radius 1 is 1.13 bits per heavy atom. The summed E-state index contributed by atoms with van der Waals surface area (Å²) in [5, 5.41) is 3.29. The second-order valence-electron chi connectivity index (χ2n) is 8.55. The summed E-state index contributed by atoms with van der Waals surface area (Å²) in [6.07, 6.45) is 2.50. The lowest BCUT2D eigenvalue weighted by atomic mass is 9.86. The maximum absolute atomic E-state index is 13.1. The summed E-state index contributed by atoms with van der Waals surface area (Å²) in [7, 11) is 3.10. The Bertz CT molecular complexity index is 948. The smallest absolute Gasteiger partial charge is 0.349 e. The van der Waals surface area contributed by atoms with Crippen LogP contribution < -0.4 is 10.9 Å². The molecule has 1 aromatic heterocycles. The summed E-state index contributed by atoms with van der Waals surface area (Å²) in [5.41, 5.74) is -0.823. The molecule has 31 heavy (non-hydrogen) atoms. The zero-order chi connectivity index (χ0) is 21.6. The van der Waals surface area contributed by atoms with Crippen molar-refractivity contribution in [1.29, 1.82) is 0 Å². The average Bonchev–Trinajstić information content (AvgIpc) is 2.90. The number of carbonyl (C=O) groups excluding carboxylic acids is 3. The van der Waals surface area contributed by atoms with Gasteiger partial charge in [-0.25, -0.2) is 9.59 Å². The molecule has 3 saturated heterocycles. The summed E-state index contributed by atoms with van der Waals surface area (Å²) < 4.78 is 5.55. The lowest BCUT2D eigenvalue weighted by Gasteiger charge is -2.40. The van der Waals surface area contributed by atoms with Crippen molar-refractivity contribution in [3.8, 4) is 0 Å².